The van der Waals surface area contributed by atoms with Crippen LogP contribution in [-0.2, 0) is 28.8 Å². The number of methoxy groups -OCH3 is 1. The van der Waals surface area contributed by atoms with Crippen molar-refractivity contribution in [2.24, 2.45) is 5.92 Å². The van der Waals surface area contributed by atoms with E-state index < -0.39 is 0 Å². The molecule has 0 aromatic carbocycles. The van der Waals surface area contributed by atoms with Gasteiger partial charge < -0.3 is 4.74 Å². The van der Waals surface area contributed by atoms with E-state index in [1.54, 1.807) is 38.0 Å². The van der Waals surface area contributed by atoms with Crippen molar-refractivity contribution in [1.29, 1.82) is 0 Å². The number of aromatic nitrogens is 5. The Morgan fingerprint density at radius 1 is 1.10 bits per heavy atom. The van der Waals surface area contributed by atoms with Gasteiger partial charge in [-0.05, 0) is 47.6 Å². The largest absolute Gasteiger partial charge is 0.377 e. The molecule has 0 radical (unpaired) electrons. The zero-order valence-corrected chi connectivity index (χ0v) is 18.4. The summed E-state index contributed by atoms with van der Waals surface area (Å²) in [5, 5.41) is 8.45. The van der Waals surface area contributed by atoms with E-state index in [4.69, 9.17) is 16.3 Å². The highest BCUT2D eigenvalue weighted by Crippen LogP contribution is 2.27. The van der Waals surface area contributed by atoms with Crippen molar-refractivity contribution in [3.05, 3.63) is 64.3 Å². The lowest BCUT2D eigenvalue weighted by Gasteiger charge is -2.20. The van der Waals surface area contributed by atoms with Crippen LogP contribution < -0.4 is 0 Å². The average Bonchev–Trinajstić information content (AvgIpc) is 3.21. The predicted octanol–water partition coefficient (Wildman–Crippen LogP) is 3.97. The van der Waals surface area contributed by atoms with E-state index in [9.17, 15) is 4.79 Å². The van der Waals surface area contributed by atoms with E-state index >= 15 is 0 Å². The number of ether oxygens (including phenoxy) is 1. The van der Waals surface area contributed by atoms with E-state index in [0.29, 0.717) is 16.8 Å². The fourth-order valence-electron chi connectivity index (χ4n) is 3.49. The van der Waals surface area contributed by atoms with Gasteiger partial charge in [0.15, 0.2) is 5.82 Å². The predicted molar refractivity (Wildman–Crippen MR) is 115 cm³/mol. The average molecular weight is 428 g/mol. The van der Waals surface area contributed by atoms with Crippen LogP contribution in [0, 0.1) is 5.92 Å². The third-order valence-corrected chi connectivity index (χ3v) is 5.09. The summed E-state index contributed by atoms with van der Waals surface area (Å²) < 4.78 is 5.58. The Morgan fingerprint density at radius 3 is 2.43 bits per heavy atom. The molecule has 3 aromatic heterocycles. The molecule has 0 aliphatic carbocycles. The summed E-state index contributed by atoms with van der Waals surface area (Å²) in [6, 6.07) is 1.73. The highest BCUT2D eigenvalue weighted by Gasteiger charge is 2.19. The van der Waals surface area contributed by atoms with Gasteiger partial charge in [0.2, 0.25) is 0 Å². The third-order valence-electron chi connectivity index (χ3n) is 4.82. The number of hydrogen-bond donors (Lipinski definition) is 0. The molecule has 0 saturated heterocycles. The molecule has 30 heavy (non-hydrogen) atoms. The van der Waals surface area contributed by atoms with Gasteiger partial charge >= 0.3 is 0 Å². The van der Waals surface area contributed by atoms with Crippen molar-refractivity contribution in [1.82, 2.24) is 25.0 Å². The molecule has 0 aliphatic rings. The summed E-state index contributed by atoms with van der Waals surface area (Å²) in [7, 11) is 1.68. The first-order valence-electron chi connectivity index (χ1n) is 9.90. The number of carbonyl (C=O) groups excluding carboxylic acids is 1. The van der Waals surface area contributed by atoms with Gasteiger partial charge in [0.25, 0.3) is 0 Å². The lowest BCUT2D eigenvalue weighted by molar-refractivity contribution is -0.117. The standard InChI is InChI=1S/C22H26ClN5O2/c1-14(2)7-17-12-24-13-18(21(17)15(3)30-4)10-19(29)8-16-9-20(23)22(25-11-16)28-26-5-6-27-28/h5-6,9,11-15H,7-8,10H2,1-4H3. The van der Waals surface area contributed by atoms with Crippen LogP contribution in [0.4, 0.5) is 0 Å². The second-order valence-corrected chi connectivity index (χ2v) is 8.11. The second kappa shape index (κ2) is 9.91. The molecule has 158 valence electrons. The first kappa shape index (κ1) is 22.1. The SMILES string of the molecule is COC(C)c1c(CC(=O)Cc2cnc(-n3nccn3)c(Cl)c2)cncc1CC(C)C. The Labute approximate surface area is 181 Å². The van der Waals surface area contributed by atoms with Crippen molar-refractivity contribution in [2.45, 2.75) is 46.1 Å². The second-order valence-electron chi connectivity index (χ2n) is 7.71. The molecular formula is C22H26ClN5O2. The van der Waals surface area contributed by atoms with Crippen LogP contribution in [-0.4, -0.2) is 37.9 Å². The van der Waals surface area contributed by atoms with Gasteiger partial charge in [-0.3, -0.25) is 9.78 Å². The maximum Gasteiger partial charge on any atom is 0.193 e. The minimum absolute atomic E-state index is 0.0610. The Balaban J connectivity index is 1.78. The van der Waals surface area contributed by atoms with E-state index in [1.165, 1.54) is 4.80 Å². The van der Waals surface area contributed by atoms with Crippen LogP contribution in [0.5, 0.6) is 0 Å². The molecule has 0 fully saturated rings. The first-order chi connectivity index (χ1) is 14.4. The smallest absolute Gasteiger partial charge is 0.193 e. The number of rotatable bonds is 9. The van der Waals surface area contributed by atoms with Crippen molar-refractivity contribution in [3.8, 4) is 5.82 Å². The van der Waals surface area contributed by atoms with Gasteiger partial charge in [0.05, 0.1) is 23.5 Å². The lowest BCUT2D eigenvalue weighted by Crippen LogP contribution is -2.14. The lowest BCUT2D eigenvalue weighted by atomic mass is 9.91. The summed E-state index contributed by atoms with van der Waals surface area (Å²) in [4.78, 5) is 22.9. The molecule has 3 aromatic rings. The third kappa shape index (κ3) is 5.29. The normalized spacial score (nSPS) is 12.3. The van der Waals surface area contributed by atoms with E-state index in [2.05, 4.69) is 34.0 Å². The number of pyridine rings is 2. The summed E-state index contributed by atoms with van der Waals surface area (Å²) in [6.07, 6.45) is 9.67. The molecule has 3 rings (SSSR count). The Kier molecular flexibility index (Phi) is 7.29. The fourth-order valence-corrected chi connectivity index (χ4v) is 3.75. The zero-order valence-electron chi connectivity index (χ0n) is 17.7. The van der Waals surface area contributed by atoms with Crippen LogP contribution in [0.1, 0.15) is 49.1 Å². The summed E-state index contributed by atoms with van der Waals surface area (Å²) in [5.41, 5.74) is 3.84. The summed E-state index contributed by atoms with van der Waals surface area (Å²) in [6.45, 7) is 6.33. The van der Waals surface area contributed by atoms with Gasteiger partial charge in [0.1, 0.15) is 5.78 Å². The molecule has 0 aliphatic heterocycles. The number of ketones is 1. The maximum atomic E-state index is 12.8. The molecule has 0 spiro atoms. The molecule has 3 heterocycles. The van der Waals surface area contributed by atoms with Crippen LogP contribution in [0.25, 0.3) is 5.82 Å². The van der Waals surface area contributed by atoms with Crippen molar-refractivity contribution >= 4 is 17.4 Å². The van der Waals surface area contributed by atoms with Gasteiger partial charge in [-0.2, -0.15) is 10.2 Å². The van der Waals surface area contributed by atoms with Gasteiger partial charge in [-0.1, -0.05) is 25.4 Å². The molecule has 1 unspecified atom stereocenters. The van der Waals surface area contributed by atoms with Crippen molar-refractivity contribution in [3.63, 3.8) is 0 Å². The monoisotopic (exact) mass is 427 g/mol. The molecule has 0 saturated carbocycles. The van der Waals surface area contributed by atoms with E-state index in [-0.39, 0.29) is 24.7 Å². The minimum atomic E-state index is -0.110. The number of carbonyl (C=O) groups is 1. The highest BCUT2D eigenvalue weighted by atomic mass is 35.5. The number of Topliss-reactive ketones (excluding diaryl/α,β-unsaturated/α-hetero) is 1. The van der Waals surface area contributed by atoms with E-state index in [1.807, 2.05) is 13.1 Å². The molecular weight excluding hydrogens is 402 g/mol. The Bertz CT molecular complexity index is 1000. The first-order valence-corrected chi connectivity index (χ1v) is 10.3. The molecule has 7 nitrogen and oxygen atoms in total. The van der Waals surface area contributed by atoms with Crippen molar-refractivity contribution in [2.75, 3.05) is 7.11 Å². The Hall–Kier alpha value is -2.64. The molecule has 0 bridgehead atoms. The number of nitrogens with zero attached hydrogens (tertiary/aromatic N) is 5. The molecule has 8 heteroatoms. The van der Waals surface area contributed by atoms with Crippen LogP contribution >= 0.6 is 11.6 Å². The number of hydrogen-bond acceptors (Lipinski definition) is 6. The summed E-state index contributed by atoms with van der Waals surface area (Å²) in [5.74, 6) is 0.974. The van der Waals surface area contributed by atoms with Crippen LogP contribution in [0.2, 0.25) is 5.02 Å². The minimum Gasteiger partial charge on any atom is -0.377 e. The van der Waals surface area contributed by atoms with Gasteiger partial charge in [-0.25, -0.2) is 4.98 Å². The molecule has 1 atom stereocenters. The maximum absolute atomic E-state index is 12.8. The zero-order chi connectivity index (χ0) is 21.7. The van der Waals surface area contributed by atoms with Gasteiger partial charge in [-0.15, -0.1) is 4.80 Å². The van der Waals surface area contributed by atoms with Crippen LogP contribution in [0.15, 0.2) is 37.1 Å². The Morgan fingerprint density at radius 2 is 1.80 bits per heavy atom. The van der Waals surface area contributed by atoms with E-state index in [0.717, 1.165) is 28.7 Å². The fraction of sp³-hybridized carbons (Fsp3) is 0.409. The quantitative estimate of drug-likeness (QED) is 0.513. The topological polar surface area (TPSA) is 82.8 Å². The summed E-state index contributed by atoms with van der Waals surface area (Å²) >= 11 is 6.32. The number of halogens is 1. The molecule has 0 N–H and O–H groups in total. The molecule has 0 amide bonds. The van der Waals surface area contributed by atoms with Gasteiger partial charge in [0, 0.05) is 38.5 Å². The van der Waals surface area contributed by atoms with Crippen molar-refractivity contribution < 1.29 is 9.53 Å². The van der Waals surface area contributed by atoms with Crippen LogP contribution in [0.3, 0.4) is 0 Å². The highest BCUT2D eigenvalue weighted by molar-refractivity contribution is 6.32.